The van der Waals surface area contributed by atoms with Crippen LogP contribution in [-0.4, -0.2) is 19.5 Å². The van der Waals surface area contributed by atoms with Gasteiger partial charge in [0.05, 0.1) is 16.7 Å². The van der Waals surface area contributed by atoms with Gasteiger partial charge in [-0.25, -0.2) is 15.0 Å². The van der Waals surface area contributed by atoms with Gasteiger partial charge in [0, 0.05) is 38.2 Å². The van der Waals surface area contributed by atoms with E-state index in [2.05, 4.69) is 132 Å². The minimum atomic E-state index is 0.596. The van der Waals surface area contributed by atoms with E-state index in [1.54, 1.807) is 0 Å². The van der Waals surface area contributed by atoms with Crippen molar-refractivity contribution in [3.63, 3.8) is 0 Å². The maximum absolute atomic E-state index is 6.85. The van der Waals surface area contributed by atoms with Crippen molar-refractivity contribution in [3.05, 3.63) is 170 Å². The van der Waals surface area contributed by atoms with Gasteiger partial charge in [0.2, 0.25) is 0 Å². The summed E-state index contributed by atoms with van der Waals surface area (Å²) < 4.78 is 9.19. The average Bonchev–Trinajstić information content (AvgIpc) is 3.75. The average molecular weight is 665 g/mol. The Morgan fingerprint density at radius 2 is 1.02 bits per heavy atom. The van der Waals surface area contributed by atoms with Gasteiger partial charge >= 0.3 is 0 Å². The zero-order valence-corrected chi connectivity index (χ0v) is 27.9. The summed E-state index contributed by atoms with van der Waals surface area (Å²) in [5.41, 5.74) is 7.62. The summed E-state index contributed by atoms with van der Waals surface area (Å²) in [5.74, 6) is 1.85. The van der Waals surface area contributed by atoms with Crippen molar-refractivity contribution in [3.8, 4) is 39.9 Å². The van der Waals surface area contributed by atoms with Crippen molar-refractivity contribution < 1.29 is 4.42 Å². The second-order valence-electron chi connectivity index (χ2n) is 13.2. The highest BCUT2D eigenvalue weighted by molar-refractivity contribution is 6.17. The normalized spacial score (nSPS) is 11.8. The van der Waals surface area contributed by atoms with Gasteiger partial charge in [-0.05, 0) is 51.9 Å². The lowest BCUT2D eigenvalue weighted by Crippen LogP contribution is -2.00. The Kier molecular flexibility index (Phi) is 6.18. The number of hydrogen-bond acceptors (Lipinski definition) is 4. The van der Waals surface area contributed by atoms with Crippen LogP contribution in [0.2, 0.25) is 0 Å². The number of furan rings is 1. The maximum atomic E-state index is 6.85. The molecule has 3 aromatic heterocycles. The molecule has 0 unspecified atom stereocenters. The Hall–Kier alpha value is -7.11. The van der Waals surface area contributed by atoms with Crippen LogP contribution in [0.3, 0.4) is 0 Å². The predicted molar refractivity (Wildman–Crippen MR) is 213 cm³/mol. The maximum Gasteiger partial charge on any atom is 0.164 e. The monoisotopic (exact) mass is 664 g/mol. The molecule has 5 nitrogen and oxygen atoms in total. The third-order valence-corrected chi connectivity index (χ3v) is 10.2. The van der Waals surface area contributed by atoms with E-state index in [4.69, 9.17) is 19.4 Å². The number of nitrogens with zero attached hydrogens (tertiary/aromatic N) is 4. The Morgan fingerprint density at radius 3 is 1.88 bits per heavy atom. The van der Waals surface area contributed by atoms with E-state index in [1.807, 2.05) is 42.5 Å². The predicted octanol–water partition coefficient (Wildman–Crippen LogP) is 12.2. The third-order valence-electron chi connectivity index (χ3n) is 10.2. The first-order valence-electron chi connectivity index (χ1n) is 17.5. The zero-order valence-electron chi connectivity index (χ0n) is 27.9. The number of hydrogen-bond donors (Lipinski definition) is 0. The molecule has 5 heteroatoms. The highest BCUT2D eigenvalue weighted by Crippen LogP contribution is 2.42. The van der Waals surface area contributed by atoms with Gasteiger partial charge in [0.25, 0.3) is 0 Å². The first-order chi connectivity index (χ1) is 25.8. The molecule has 52 heavy (non-hydrogen) atoms. The Labute approximate surface area is 298 Å². The fraction of sp³-hybridized carbons (Fsp3) is 0. The standard InChI is InChI=1S/C47H28N4O/c1-2-14-30(15-3-1)45-48-46(35-21-10-18-29-13-6-7-19-33(29)35)50-47(49-45)37-23-12-26-42-43(37)36-22-11-25-40(44(36)52-42)51-39-24-9-8-20-34(39)38-27-31-16-4-5-17-32(31)28-41(38)51/h1-28H. The molecule has 0 aliphatic carbocycles. The van der Waals surface area contributed by atoms with E-state index in [0.717, 1.165) is 66.1 Å². The van der Waals surface area contributed by atoms with Crippen LogP contribution in [0.15, 0.2) is 174 Å². The molecule has 3 heterocycles. The molecule has 8 aromatic carbocycles. The lowest BCUT2D eigenvalue weighted by atomic mass is 10.0. The van der Waals surface area contributed by atoms with Crippen LogP contribution in [0, 0.1) is 0 Å². The van der Waals surface area contributed by atoms with Crippen LogP contribution in [0.4, 0.5) is 0 Å². The molecule has 0 bridgehead atoms. The minimum Gasteiger partial charge on any atom is -0.454 e. The molecule has 0 N–H and O–H groups in total. The summed E-state index contributed by atoms with van der Waals surface area (Å²) >= 11 is 0. The van der Waals surface area contributed by atoms with Crippen LogP contribution in [0.25, 0.3) is 105 Å². The fourth-order valence-electron chi connectivity index (χ4n) is 7.86. The number of benzene rings is 8. The van der Waals surface area contributed by atoms with Crippen LogP contribution in [0.1, 0.15) is 0 Å². The second-order valence-corrected chi connectivity index (χ2v) is 13.2. The summed E-state index contributed by atoms with van der Waals surface area (Å²) in [6.07, 6.45) is 0. The molecular weight excluding hydrogens is 637 g/mol. The Bertz CT molecular complexity index is 3190. The van der Waals surface area contributed by atoms with Crippen molar-refractivity contribution in [1.29, 1.82) is 0 Å². The summed E-state index contributed by atoms with van der Waals surface area (Å²) in [7, 11) is 0. The van der Waals surface area contributed by atoms with Gasteiger partial charge in [-0.1, -0.05) is 140 Å². The van der Waals surface area contributed by atoms with Crippen LogP contribution in [-0.2, 0) is 0 Å². The molecule has 0 saturated heterocycles. The molecule has 0 saturated carbocycles. The molecule has 0 radical (unpaired) electrons. The second kappa shape index (κ2) is 11.2. The topological polar surface area (TPSA) is 56.7 Å². The summed E-state index contributed by atoms with van der Waals surface area (Å²) in [5, 5.41) is 9.04. The number of aromatic nitrogens is 4. The van der Waals surface area contributed by atoms with Gasteiger partial charge in [-0.2, -0.15) is 0 Å². The molecule has 0 spiro atoms. The first kappa shape index (κ1) is 28.7. The zero-order chi connectivity index (χ0) is 34.2. The summed E-state index contributed by atoms with van der Waals surface area (Å²) in [6, 6.07) is 59.1. The molecular formula is C47H28N4O. The summed E-state index contributed by atoms with van der Waals surface area (Å²) in [4.78, 5) is 15.4. The highest BCUT2D eigenvalue weighted by Gasteiger charge is 2.22. The molecule has 0 aliphatic heterocycles. The third kappa shape index (κ3) is 4.33. The van der Waals surface area contributed by atoms with Crippen LogP contribution < -0.4 is 0 Å². The lowest BCUT2D eigenvalue weighted by Gasteiger charge is -2.11. The fourth-order valence-corrected chi connectivity index (χ4v) is 7.86. The van der Waals surface area contributed by atoms with E-state index < -0.39 is 0 Å². The summed E-state index contributed by atoms with van der Waals surface area (Å²) in [6.45, 7) is 0. The minimum absolute atomic E-state index is 0.596. The quantitative estimate of drug-likeness (QED) is 0.188. The van der Waals surface area contributed by atoms with E-state index in [0.29, 0.717) is 17.5 Å². The SMILES string of the molecule is c1ccc(-c2nc(-c3cccc4ccccc34)nc(-c3cccc4oc5c(-n6c7ccccc7c7cc8ccccc8cc76)cccc5c34)n2)cc1. The van der Waals surface area contributed by atoms with Crippen LogP contribution in [0.5, 0.6) is 0 Å². The van der Waals surface area contributed by atoms with Crippen LogP contribution >= 0.6 is 0 Å². The number of fused-ring (bicyclic) bond motifs is 8. The van der Waals surface area contributed by atoms with E-state index >= 15 is 0 Å². The van der Waals surface area contributed by atoms with Gasteiger partial charge in [0.15, 0.2) is 23.1 Å². The van der Waals surface area contributed by atoms with Crippen molar-refractivity contribution in [2.45, 2.75) is 0 Å². The molecule has 11 aromatic rings. The smallest absolute Gasteiger partial charge is 0.164 e. The Balaban J connectivity index is 1.18. The largest absolute Gasteiger partial charge is 0.454 e. The lowest BCUT2D eigenvalue weighted by molar-refractivity contribution is 0.666. The number of rotatable bonds is 4. The van der Waals surface area contributed by atoms with Crippen molar-refractivity contribution in [2.75, 3.05) is 0 Å². The van der Waals surface area contributed by atoms with Crippen molar-refractivity contribution in [1.82, 2.24) is 19.5 Å². The highest BCUT2D eigenvalue weighted by atomic mass is 16.3. The molecule has 0 amide bonds. The molecule has 11 rings (SSSR count). The van der Waals surface area contributed by atoms with E-state index in [1.165, 1.54) is 21.5 Å². The molecule has 0 atom stereocenters. The molecule has 242 valence electrons. The molecule has 0 fully saturated rings. The van der Waals surface area contributed by atoms with E-state index in [9.17, 15) is 0 Å². The van der Waals surface area contributed by atoms with Crippen molar-refractivity contribution in [2.24, 2.45) is 0 Å². The van der Waals surface area contributed by atoms with Gasteiger partial charge in [-0.3, -0.25) is 0 Å². The van der Waals surface area contributed by atoms with Gasteiger partial charge < -0.3 is 8.98 Å². The van der Waals surface area contributed by atoms with E-state index in [-0.39, 0.29) is 0 Å². The molecule has 0 aliphatic rings. The van der Waals surface area contributed by atoms with Crippen molar-refractivity contribution >= 4 is 65.3 Å². The van der Waals surface area contributed by atoms with Gasteiger partial charge in [0.1, 0.15) is 5.58 Å². The first-order valence-corrected chi connectivity index (χ1v) is 17.5. The number of para-hydroxylation sites is 2. The van der Waals surface area contributed by atoms with Gasteiger partial charge in [-0.15, -0.1) is 0 Å². The Morgan fingerprint density at radius 1 is 0.404 bits per heavy atom.